The van der Waals surface area contributed by atoms with Gasteiger partial charge in [-0.3, -0.25) is 24.1 Å². The van der Waals surface area contributed by atoms with Crippen molar-refractivity contribution in [3.8, 4) is 11.5 Å². The number of phenols is 1. The Labute approximate surface area is 282 Å². The molecule has 8 nitrogen and oxygen atoms in total. The highest BCUT2D eigenvalue weighted by atomic mass is 79.9. The van der Waals surface area contributed by atoms with Gasteiger partial charge in [-0.05, 0) is 51.7 Å². The molecule has 47 heavy (non-hydrogen) atoms. The summed E-state index contributed by atoms with van der Waals surface area (Å²) in [5.41, 5.74) is -2.81. The van der Waals surface area contributed by atoms with Crippen LogP contribution in [0.4, 0.5) is 27.6 Å². The third-order valence-corrected chi connectivity index (χ3v) is 11.4. The first kappa shape index (κ1) is 33.7. The minimum atomic E-state index is -2.78. The molecule has 0 spiro atoms. The number of methoxy groups -OCH3 is 1. The number of carbonyl (C=O) groups excluding carboxylic acids is 4. The van der Waals surface area contributed by atoms with Crippen LogP contribution in [-0.2, 0) is 19.2 Å². The number of rotatable bonds is 3. The minimum absolute atomic E-state index is 0.0260. The van der Waals surface area contributed by atoms with E-state index in [9.17, 15) is 37.5 Å². The third-order valence-electron chi connectivity index (χ3n) is 9.49. The number of carbonyl (C=O) groups is 4. The second-order valence-corrected chi connectivity index (χ2v) is 15.1. The summed E-state index contributed by atoms with van der Waals surface area (Å²) >= 11 is 17.5. The number of amides is 4. The van der Waals surface area contributed by atoms with Gasteiger partial charge in [0, 0.05) is 21.5 Å². The number of anilines is 1. The molecule has 6 rings (SSSR count). The first-order valence-corrected chi connectivity index (χ1v) is 15.7. The van der Waals surface area contributed by atoms with Crippen molar-refractivity contribution in [1.29, 1.82) is 0 Å². The number of aromatic hydroxyl groups is 1. The lowest BCUT2D eigenvalue weighted by atomic mass is 9.56. The van der Waals surface area contributed by atoms with Gasteiger partial charge < -0.3 is 9.84 Å². The summed E-state index contributed by atoms with van der Waals surface area (Å²) in [6.07, 6.45) is 0.864. The summed E-state index contributed by atoms with van der Waals surface area (Å²) in [6.45, 7) is 4.95. The molecule has 0 unspecified atom stereocenters. The number of alkyl halides is 2. The van der Waals surface area contributed by atoms with Crippen LogP contribution in [-0.4, -0.2) is 56.0 Å². The van der Waals surface area contributed by atoms with Crippen LogP contribution in [0, 0.1) is 46.8 Å². The Balaban J connectivity index is 1.64. The number of likely N-dealkylation sites (tertiary alicyclic amines) is 1. The van der Waals surface area contributed by atoms with E-state index >= 15 is 8.78 Å². The number of phenolic OH excluding ortho intramolecular Hbond substituents is 1. The maximum Gasteiger partial charge on any atom is 0.258 e. The Morgan fingerprint density at radius 3 is 2.04 bits per heavy atom. The molecule has 2 heterocycles. The number of benzene rings is 2. The molecule has 0 aromatic heterocycles. The van der Waals surface area contributed by atoms with Gasteiger partial charge in [0.1, 0.15) is 5.69 Å². The molecule has 1 N–H and O–H groups in total. The largest absolute Gasteiger partial charge is 0.504 e. The molecule has 3 fully saturated rings. The Morgan fingerprint density at radius 1 is 0.915 bits per heavy atom. The van der Waals surface area contributed by atoms with Crippen LogP contribution >= 0.6 is 39.1 Å². The van der Waals surface area contributed by atoms with Crippen LogP contribution in [0.25, 0.3) is 0 Å². The van der Waals surface area contributed by atoms with E-state index in [4.69, 9.17) is 27.9 Å². The third kappa shape index (κ3) is 4.22. The lowest BCUT2D eigenvalue weighted by molar-refractivity contribution is -0.145. The zero-order valence-electron chi connectivity index (χ0n) is 24.9. The van der Waals surface area contributed by atoms with Gasteiger partial charge in [0.2, 0.25) is 17.6 Å². The van der Waals surface area contributed by atoms with Crippen molar-refractivity contribution in [3.63, 3.8) is 0 Å². The minimum Gasteiger partial charge on any atom is -0.504 e. The van der Waals surface area contributed by atoms with Crippen LogP contribution in [0.3, 0.4) is 0 Å². The number of halogens is 8. The van der Waals surface area contributed by atoms with Gasteiger partial charge in [0.25, 0.3) is 11.8 Å². The second-order valence-electron chi connectivity index (χ2n) is 12.9. The van der Waals surface area contributed by atoms with Gasteiger partial charge in [-0.1, -0.05) is 27.6 Å². The maximum absolute atomic E-state index is 15.2. The first-order chi connectivity index (χ1) is 21.7. The topological polar surface area (TPSA) is 104 Å². The summed E-state index contributed by atoms with van der Waals surface area (Å²) in [7, 11) is 1.22. The molecule has 4 amide bonds. The molecule has 0 radical (unpaired) electrons. The molecule has 2 aromatic carbocycles. The molecule has 0 bridgehead atoms. The van der Waals surface area contributed by atoms with Gasteiger partial charge in [-0.2, -0.15) is 0 Å². The fourth-order valence-electron chi connectivity index (χ4n) is 7.54. The molecular weight excluding hydrogens is 742 g/mol. The summed E-state index contributed by atoms with van der Waals surface area (Å²) in [6, 6.07) is 2.68. The van der Waals surface area contributed by atoms with Crippen molar-refractivity contribution in [2.24, 2.45) is 17.8 Å². The van der Waals surface area contributed by atoms with Crippen LogP contribution in [0.5, 0.6) is 11.5 Å². The quantitative estimate of drug-likeness (QED) is 0.0995. The second kappa shape index (κ2) is 10.6. The van der Waals surface area contributed by atoms with Crippen molar-refractivity contribution < 1.29 is 51.0 Å². The standard InChI is InChI=1S/C31H24BrCl2F5N2O6/c1-29(2,3)41-25(43)12-6-5-11-14(16(12)26(41)44)9-30(33)27(45)40(23-21(38)19(36)18(35)20(37)22(23)39)28(46)31(30,34)17(11)13-7-10(32)8-15(47-4)24(13)42/h5,7-8,12,14,16-17,42H,6,9H2,1-4H3/t12-,14+,16-,17+,30+,31-/m0/s1. The molecule has 16 heteroatoms. The van der Waals surface area contributed by atoms with Crippen LogP contribution < -0.4 is 9.64 Å². The van der Waals surface area contributed by atoms with Gasteiger partial charge in [0.15, 0.2) is 44.5 Å². The van der Waals surface area contributed by atoms with Crippen molar-refractivity contribution in [2.75, 3.05) is 12.0 Å². The zero-order chi connectivity index (χ0) is 34.9. The lowest BCUT2D eigenvalue weighted by Crippen LogP contribution is -2.60. The summed E-state index contributed by atoms with van der Waals surface area (Å²) < 4.78 is 78.6. The molecule has 2 saturated heterocycles. The number of nitrogens with zero attached hydrogens (tertiary/aromatic N) is 2. The summed E-state index contributed by atoms with van der Waals surface area (Å²) in [5, 5.41) is 11.4. The number of hydrogen-bond donors (Lipinski definition) is 1. The van der Waals surface area contributed by atoms with E-state index in [-0.39, 0.29) is 32.7 Å². The molecule has 1 saturated carbocycles. The Morgan fingerprint density at radius 2 is 1.49 bits per heavy atom. The molecular formula is C31H24BrCl2F5N2O6. The molecule has 2 aliphatic carbocycles. The van der Waals surface area contributed by atoms with Crippen LogP contribution in [0.1, 0.15) is 45.1 Å². The van der Waals surface area contributed by atoms with Crippen molar-refractivity contribution >= 4 is 68.4 Å². The van der Waals surface area contributed by atoms with Crippen LogP contribution in [0.15, 0.2) is 28.3 Å². The Kier molecular flexibility index (Phi) is 7.62. The van der Waals surface area contributed by atoms with Crippen molar-refractivity contribution in [2.45, 2.75) is 54.8 Å². The average molecular weight is 766 g/mol. The summed E-state index contributed by atoms with van der Waals surface area (Å²) in [4.78, 5) is 51.4. The smallest absolute Gasteiger partial charge is 0.258 e. The SMILES string of the molecule is COc1cc(Br)cc([C@H]2C3=CC[C@@H]4C(=O)N(C(C)(C)C)C(=O)[C@@H]4[C@@H]3C[C@@]3(Cl)C(=O)N(c4c(F)c(F)c(F)c(F)c4F)C(=O)[C@@]23Cl)c1O. The van der Waals surface area contributed by atoms with Gasteiger partial charge in [0.05, 0.1) is 18.9 Å². The van der Waals surface area contributed by atoms with E-state index in [1.54, 1.807) is 26.8 Å². The first-order valence-electron chi connectivity index (χ1n) is 14.2. The Bertz CT molecular complexity index is 1840. The van der Waals surface area contributed by atoms with Crippen molar-refractivity contribution in [3.05, 3.63) is 62.9 Å². The fourth-order valence-corrected chi connectivity index (χ4v) is 8.92. The molecule has 6 atom stereocenters. The number of allylic oxidation sites excluding steroid dienone is 2. The van der Waals surface area contributed by atoms with Gasteiger partial charge in [-0.25, -0.2) is 26.9 Å². The van der Waals surface area contributed by atoms with E-state index in [0.29, 0.717) is 0 Å². The maximum atomic E-state index is 15.2. The zero-order valence-corrected chi connectivity index (χ0v) is 28.0. The van der Waals surface area contributed by atoms with Gasteiger partial charge >= 0.3 is 0 Å². The predicted molar refractivity (Wildman–Crippen MR) is 160 cm³/mol. The van der Waals surface area contributed by atoms with E-state index in [0.717, 1.165) is 4.90 Å². The molecule has 2 aliphatic heterocycles. The van der Waals surface area contributed by atoms with E-state index in [1.807, 2.05) is 0 Å². The lowest BCUT2D eigenvalue weighted by Gasteiger charge is -2.50. The fraction of sp³-hybridized carbons (Fsp3) is 0.419. The van der Waals surface area contributed by atoms with E-state index in [2.05, 4.69) is 15.9 Å². The number of ether oxygens (including phenoxy) is 1. The Hall–Kier alpha value is -3.23. The number of hydrogen-bond acceptors (Lipinski definition) is 6. The van der Waals surface area contributed by atoms with Crippen molar-refractivity contribution in [1.82, 2.24) is 4.90 Å². The normalized spacial score (nSPS) is 30.4. The van der Waals surface area contributed by atoms with Crippen LogP contribution in [0.2, 0.25) is 0 Å². The monoisotopic (exact) mass is 764 g/mol. The van der Waals surface area contributed by atoms with E-state index in [1.165, 1.54) is 19.2 Å². The predicted octanol–water partition coefficient (Wildman–Crippen LogP) is 6.22. The number of fused-ring (bicyclic) bond motifs is 4. The molecule has 250 valence electrons. The highest BCUT2D eigenvalue weighted by Gasteiger charge is 2.77. The van der Waals surface area contributed by atoms with Gasteiger partial charge in [-0.15, -0.1) is 23.2 Å². The highest BCUT2D eigenvalue weighted by molar-refractivity contribution is 9.10. The number of imide groups is 2. The average Bonchev–Trinajstić information content (AvgIpc) is 3.35. The van der Waals surface area contributed by atoms with E-state index < -0.39 is 110 Å². The highest BCUT2D eigenvalue weighted by Crippen LogP contribution is 2.67. The molecule has 2 aromatic rings. The molecule has 4 aliphatic rings. The summed E-state index contributed by atoms with van der Waals surface area (Å²) in [5.74, 6) is -22.2.